The van der Waals surface area contributed by atoms with Gasteiger partial charge in [0, 0.05) is 12.2 Å². The zero-order valence-electron chi connectivity index (χ0n) is 7.59. The van der Waals surface area contributed by atoms with Crippen LogP contribution in [0.15, 0.2) is 16.7 Å². The molecule has 0 aromatic carbocycles. The Bertz CT molecular complexity index is 302. The number of halogens is 2. The smallest absolute Gasteiger partial charge is 0.143 e. The summed E-state index contributed by atoms with van der Waals surface area (Å²) in [6.07, 6.45) is 1.67. The average molecular weight is 264 g/mol. The molecule has 1 aromatic rings. The lowest BCUT2D eigenvalue weighted by Crippen LogP contribution is -2.17. The fourth-order valence-corrected chi connectivity index (χ4v) is 1.71. The molecule has 72 valence electrons. The van der Waals surface area contributed by atoms with Crippen molar-refractivity contribution in [3.05, 3.63) is 27.5 Å². The molecule has 0 aliphatic heterocycles. The van der Waals surface area contributed by atoms with Gasteiger partial charge in [-0.25, -0.2) is 4.98 Å². The van der Waals surface area contributed by atoms with E-state index in [1.54, 1.807) is 6.20 Å². The topological polar surface area (TPSA) is 38.9 Å². The van der Waals surface area contributed by atoms with Gasteiger partial charge < -0.3 is 5.73 Å². The van der Waals surface area contributed by atoms with Crippen LogP contribution >= 0.6 is 27.5 Å². The lowest BCUT2D eigenvalue weighted by Gasteiger charge is -2.17. The molecule has 0 amide bonds. The Labute approximate surface area is 91.6 Å². The fourth-order valence-electron chi connectivity index (χ4n) is 1.05. The Morgan fingerprint density at radius 2 is 2.15 bits per heavy atom. The van der Waals surface area contributed by atoms with Crippen molar-refractivity contribution >= 4 is 27.5 Å². The van der Waals surface area contributed by atoms with Crippen LogP contribution in [0.1, 0.15) is 25.5 Å². The molecular formula is C9H12BrClN2. The SMILES string of the molecule is CC(C)C(N)c1ccnc(Cl)c1Br. The Morgan fingerprint density at radius 1 is 1.54 bits per heavy atom. The Hall–Kier alpha value is -0.120. The first-order valence-electron chi connectivity index (χ1n) is 4.09. The molecule has 1 heterocycles. The van der Waals surface area contributed by atoms with Crippen LogP contribution in [0.3, 0.4) is 0 Å². The van der Waals surface area contributed by atoms with E-state index in [-0.39, 0.29) is 6.04 Å². The summed E-state index contributed by atoms with van der Waals surface area (Å²) < 4.78 is 0.804. The van der Waals surface area contributed by atoms with Crippen LogP contribution in [-0.2, 0) is 0 Å². The van der Waals surface area contributed by atoms with Crippen molar-refractivity contribution in [1.29, 1.82) is 0 Å². The number of aromatic nitrogens is 1. The van der Waals surface area contributed by atoms with Crippen LogP contribution in [0.2, 0.25) is 5.15 Å². The van der Waals surface area contributed by atoms with Crippen LogP contribution in [0, 0.1) is 5.92 Å². The van der Waals surface area contributed by atoms with E-state index in [1.807, 2.05) is 6.07 Å². The maximum absolute atomic E-state index is 5.99. The number of rotatable bonds is 2. The largest absolute Gasteiger partial charge is 0.324 e. The molecule has 1 atom stereocenters. The van der Waals surface area contributed by atoms with Gasteiger partial charge in [-0.2, -0.15) is 0 Å². The van der Waals surface area contributed by atoms with Gasteiger partial charge in [-0.05, 0) is 33.5 Å². The zero-order chi connectivity index (χ0) is 10.0. The third-order valence-electron chi connectivity index (χ3n) is 1.95. The Morgan fingerprint density at radius 3 is 2.69 bits per heavy atom. The molecule has 0 aliphatic carbocycles. The molecule has 13 heavy (non-hydrogen) atoms. The van der Waals surface area contributed by atoms with Gasteiger partial charge in [0.15, 0.2) is 0 Å². The van der Waals surface area contributed by atoms with Gasteiger partial charge in [0.2, 0.25) is 0 Å². The summed E-state index contributed by atoms with van der Waals surface area (Å²) in [4.78, 5) is 3.94. The predicted molar refractivity (Wildman–Crippen MR) is 58.7 cm³/mol. The summed E-state index contributed by atoms with van der Waals surface area (Å²) in [6.45, 7) is 4.15. The fraction of sp³-hybridized carbons (Fsp3) is 0.444. The lowest BCUT2D eigenvalue weighted by molar-refractivity contribution is 0.512. The molecule has 1 unspecified atom stereocenters. The van der Waals surface area contributed by atoms with Crippen LogP contribution in [0.5, 0.6) is 0 Å². The monoisotopic (exact) mass is 262 g/mol. The highest BCUT2D eigenvalue weighted by molar-refractivity contribution is 9.10. The molecule has 0 fully saturated rings. The minimum Gasteiger partial charge on any atom is -0.324 e. The summed E-state index contributed by atoms with van der Waals surface area (Å²) in [5.74, 6) is 0.384. The molecule has 0 spiro atoms. The third-order valence-corrected chi connectivity index (χ3v) is 3.30. The van der Waals surface area contributed by atoms with Crippen LogP contribution in [0.25, 0.3) is 0 Å². The van der Waals surface area contributed by atoms with E-state index in [0.717, 1.165) is 10.0 Å². The highest BCUT2D eigenvalue weighted by atomic mass is 79.9. The van der Waals surface area contributed by atoms with E-state index in [9.17, 15) is 0 Å². The quantitative estimate of drug-likeness (QED) is 0.833. The van der Waals surface area contributed by atoms with Gasteiger partial charge in [-0.1, -0.05) is 25.4 Å². The molecule has 0 bridgehead atoms. The van der Waals surface area contributed by atoms with E-state index in [4.69, 9.17) is 17.3 Å². The molecule has 0 saturated carbocycles. The third kappa shape index (κ3) is 2.42. The van der Waals surface area contributed by atoms with E-state index in [2.05, 4.69) is 34.8 Å². The zero-order valence-corrected chi connectivity index (χ0v) is 9.93. The maximum Gasteiger partial charge on any atom is 0.143 e. The van der Waals surface area contributed by atoms with Gasteiger partial charge >= 0.3 is 0 Å². The van der Waals surface area contributed by atoms with E-state index in [1.165, 1.54) is 0 Å². The van der Waals surface area contributed by atoms with E-state index in [0.29, 0.717) is 11.1 Å². The van der Waals surface area contributed by atoms with Crippen molar-refractivity contribution in [2.24, 2.45) is 11.7 Å². The Balaban J connectivity index is 3.07. The van der Waals surface area contributed by atoms with Crippen LogP contribution in [-0.4, -0.2) is 4.98 Å². The minimum absolute atomic E-state index is 0.00475. The minimum atomic E-state index is -0.00475. The van der Waals surface area contributed by atoms with Crippen LogP contribution in [0.4, 0.5) is 0 Å². The Kier molecular flexibility index (Phi) is 3.71. The highest BCUT2D eigenvalue weighted by Gasteiger charge is 2.15. The first-order valence-corrected chi connectivity index (χ1v) is 5.26. The molecule has 2 N–H and O–H groups in total. The first kappa shape index (κ1) is 11.0. The molecule has 1 aromatic heterocycles. The van der Waals surface area contributed by atoms with Crippen LogP contribution < -0.4 is 5.73 Å². The van der Waals surface area contributed by atoms with Gasteiger partial charge in [0.05, 0.1) is 4.47 Å². The number of hydrogen-bond acceptors (Lipinski definition) is 2. The number of pyridine rings is 1. The highest BCUT2D eigenvalue weighted by Crippen LogP contribution is 2.30. The molecule has 0 radical (unpaired) electrons. The summed E-state index contributed by atoms with van der Waals surface area (Å²) in [5.41, 5.74) is 7.00. The number of nitrogens with two attached hydrogens (primary N) is 1. The standard InChI is InChI=1S/C9H12BrClN2/c1-5(2)8(12)6-3-4-13-9(11)7(6)10/h3-5,8H,12H2,1-2H3. The van der Waals surface area contributed by atoms with Crippen molar-refractivity contribution in [3.63, 3.8) is 0 Å². The molecule has 1 rings (SSSR count). The summed E-state index contributed by atoms with van der Waals surface area (Å²) in [7, 11) is 0. The summed E-state index contributed by atoms with van der Waals surface area (Å²) in [6, 6.07) is 1.88. The van der Waals surface area contributed by atoms with E-state index >= 15 is 0 Å². The maximum atomic E-state index is 5.99. The van der Waals surface area contributed by atoms with Gasteiger partial charge in [0.25, 0.3) is 0 Å². The normalized spacial score (nSPS) is 13.4. The van der Waals surface area contributed by atoms with Crippen molar-refractivity contribution in [2.75, 3.05) is 0 Å². The molecule has 2 nitrogen and oxygen atoms in total. The molecule has 0 saturated heterocycles. The second-order valence-electron chi connectivity index (χ2n) is 3.27. The van der Waals surface area contributed by atoms with Crippen molar-refractivity contribution < 1.29 is 0 Å². The van der Waals surface area contributed by atoms with Crippen molar-refractivity contribution in [3.8, 4) is 0 Å². The van der Waals surface area contributed by atoms with Gasteiger partial charge in [-0.3, -0.25) is 0 Å². The number of hydrogen-bond donors (Lipinski definition) is 1. The lowest BCUT2D eigenvalue weighted by atomic mass is 9.98. The number of nitrogens with zero attached hydrogens (tertiary/aromatic N) is 1. The average Bonchev–Trinajstić information content (AvgIpc) is 2.08. The summed E-state index contributed by atoms with van der Waals surface area (Å²) >= 11 is 9.22. The summed E-state index contributed by atoms with van der Waals surface area (Å²) in [5, 5.41) is 0.466. The molecule has 0 aliphatic rings. The molecular weight excluding hydrogens is 251 g/mol. The van der Waals surface area contributed by atoms with Crippen molar-refractivity contribution in [1.82, 2.24) is 4.98 Å². The second kappa shape index (κ2) is 4.40. The van der Waals surface area contributed by atoms with Gasteiger partial charge in [-0.15, -0.1) is 0 Å². The van der Waals surface area contributed by atoms with Gasteiger partial charge in [0.1, 0.15) is 5.15 Å². The molecule has 4 heteroatoms. The predicted octanol–water partition coefficient (Wildman–Crippen LogP) is 3.15. The first-order chi connectivity index (χ1) is 6.04. The second-order valence-corrected chi connectivity index (χ2v) is 4.43. The van der Waals surface area contributed by atoms with Crippen molar-refractivity contribution in [2.45, 2.75) is 19.9 Å². The van der Waals surface area contributed by atoms with E-state index < -0.39 is 0 Å².